The topological polar surface area (TPSA) is 80.9 Å². The van der Waals surface area contributed by atoms with Crippen LogP contribution in [0.5, 0.6) is 0 Å². The summed E-state index contributed by atoms with van der Waals surface area (Å²) in [6.07, 6.45) is 0.558. The molecule has 1 aromatic heterocycles. The zero-order chi connectivity index (χ0) is 14.7. The summed E-state index contributed by atoms with van der Waals surface area (Å²) < 4.78 is 13.7. The van der Waals surface area contributed by atoms with E-state index in [1.165, 1.54) is 18.2 Å². The first-order chi connectivity index (χ1) is 9.52. The molecule has 2 rings (SSSR count). The molecule has 5 nitrogen and oxygen atoms in total. The Balaban J connectivity index is 2.35. The van der Waals surface area contributed by atoms with Crippen molar-refractivity contribution in [1.82, 2.24) is 10.2 Å². The molecule has 0 saturated carbocycles. The summed E-state index contributed by atoms with van der Waals surface area (Å²) in [7, 11) is 0. The number of hydrogen-bond acceptors (Lipinski definition) is 4. The SMILES string of the molecule is CCc1nnc(C)cc1C(=O)Nc1c(N)cccc1F. The molecule has 0 unspecified atom stereocenters. The van der Waals surface area contributed by atoms with Gasteiger partial charge in [-0.15, -0.1) is 0 Å². The van der Waals surface area contributed by atoms with Crippen molar-refractivity contribution in [3.63, 3.8) is 0 Å². The number of benzene rings is 1. The molecule has 6 heteroatoms. The molecule has 0 aliphatic heterocycles. The van der Waals surface area contributed by atoms with E-state index in [4.69, 9.17) is 5.73 Å². The molecule has 0 radical (unpaired) electrons. The Morgan fingerprint density at radius 3 is 2.80 bits per heavy atom. The molecule has 104 valence electrons. The highest BCUT2D eigenvalue weighted by Crippen LogP contribution is 2.23. The highest BCUT2D eigenvalue weighted by molar-refractivity contribution is 6.06. The fourth-order valence-corrected chi connectivity index (χ4v) is 1.83. The van der Waals surface area contributed by atoms with Gasteiger partial charge in [-0.25, -0.2) is 4.39 Å². The second-order valence-corrected chi connectivity index (χ2v) is 4.36. The average Bonchev–Trinajstić information content (AvgIpc) is 2.43. The van der Waals surface area contributed by atoms with Crippen LogP contribution in [0.25, 0.3) is 0 Å². The summed E-state index contributed by atoms with van der Waals surface area (Å²) in [5.41, 5.74) is 7.38. The van der Waals surface area contributed by atoms with Crippen molar-refractivity contribution >= 4 is 17.3 Å². The van der Waals surface area contributed by atoms with E-state index in [1.807, 2.05) is 6.92 Å². The second-order valence-electron chi connectivity index (χ2n) is 4.36. The monoisotopic (exact) mass is 274 g/mol. The minimum atomic E-state index is -0.574. The molecule has 1 aromatic carbocycles. The van der Waals surface area contributed by atoms with Gasteiger partial charge >= 0.3 is 0 Å². The number of nitrogen functional groups attached to an aromatic ring is 1. The number of carbonyl (C=O) groups is 1. The van der Waals surface area contributed by atoms with Crippen molar-refractivity contribution in [3.05, 3.63) is 47.0 Å². The molecule has 0 aliphatic rings. The largest absolute Gasteiger partial charge is 0.397 e. The van der Waals surface area contributed by atoms with Gasteiger partial charge < -0.3 is 11.1 Å². The first-order valence-corrected chi connectivity index (χ1v) is 6.21. The summed E-state index contributed by atoms with van der Waals surface area (Å²) in [5.74, 6) is -1.02. The number of carbonyl (C=O) groups excluding carboxylic acids is 1. The molecule has 1 amide bonds. The first-order valence-electron chi connectivity index (χ1n) is 6.21. The zero-order valence-corrected chi connectivity index (χ0v) is 11.3. The van der Waals surface area contributed by atoms with E-state index in [9.17, 15) is 9.18 Å². The van der Waals surface area contributed by atoms with E-state index < -0.39 is 11.7 Å². The lowest BCUT2D eigenvalue weighted by molar-refractivity contribution is 0.102. The van der Waals surface area contributed by atoms with Crippen molar-refractivity contribution in [2.24, 2.45) is 0 Å². The van der Waals surface area contributed by atoms with Crippen molar-refractivity contribution in [3.8, 4) is 0 Å². The third kappa shape index (κ3) is 2.74. The summed E-state index contributed by atoms with van der Waals surface area (Å²) >= 11 is 0. The predicted molar refractivity (Wildman–Crippen MR) is 74.9 cm³/mol. The number of nitrogens with two attached hydrogens (primary N) is 1. The van der Waals surface area contributed by atoms with Gasteiger partial charge in [0.1, 0.15) is 11.5 Å². The fourth-order valence-electron chi connectivity index (χ4n) is 1.83. The maximum absolute atomic E-state index is 13.7. The number of nitrogens with zero attached hydrogens (tertiary/aromatic N) is 2. The van der Waals surface area contributed by atoms with Crippen molar-refractivity contribution < 1.29 is 9.18 Å². The van der Waals surface area contributed by atoms with Crippen LogP contribution < -0.4 is 11.1 Å². The van der Waals surface area contributed by atoms with Crippen LogP contribution in [0.3, 0.4) is 0 Å². The Morgan fingerprint density at radius 1 is 1.40 bits per heavy atom. The standard InChI is InChI=1S/C14H15FN4O/c1-3-12-9(7-8(2)18-19-12)14(20)17-13-10(15)5-4-6-11(13)16/h4-7H,3,16H2,1-2H3,(H,17,20). The number of halogens is 1. The van der Waals surface area contributed by atoms with Gasteiger partial charge in [0.2, 0.25) is 0 Å². The summed E-state index contributed by atoms with van der Waals surface area (Å²) in [6, 6.07) is 5.87. The molecule has 20 heavy (non-hydrogen) atoms. The quantitative estimate of drug-likeness (QED) is 0.842. The Kier molecular flexibility index (Phi) is 3.93. The number of rotatable bonds is 3. The van der Waals surface area contributed by atoms with Gasteiger partial charge in [-0.2, -0.15) is 10.2 Å². The van der Waals surface area contributed by atoms with Crippen molar-refractivity contribution in [2.45, 2.75) is 20.3 Å². The van der Waals surface area contributed by atoms with Crippen LogP contribution in [0, 0.1) is 12.7 Å². The van der Waals surface area contributed by atoms with Gasteiger partial charge in [0.05, 0.1) is 22.6 Å². The van der Waals surface area contributed by atoms with E-state index in [2.05, 4.69) is 15.5 Å². The minimum Gasteiger partial charge on any atom is -0.397 e. The van der Waals surface area contributed by atoms with E-state index in [0.29, 0.717) is 23.4 Å². The summed E-state index contributed by atoms with van der Waals surface area (Å²) in [5, 5.41) is 10.4. The molecule has 0 spiro atoms. The van der Waals surface area contributed by atoms with Crippen LogP contribution in [0.15, 0.2) is 24.3 Å². The Labute approximate surface area is 116 Å². The lowest BCUT2D eigenvalue weighted by Gasteiger charge is -2.11. The van der Waals surface area contributed by atoms with E-state index in [-0.39, 0.29) is 11.4 Å². The minimum absolute atomic E-state index is 0.0194. The van der Waals surface area contributed by atoms with E-state index >= 15 is 0 Å². The third-order valence-electron chi connectivity index (χ3n) is 2.86. The zero-order valence-electron chi connectivity index (χ0n) is 11.3. The number of amides is 1. The van der Waals surface area contributed by atoms with Gasteiger partial charge in [0, 0.05) is 0 Å². The number of nitrogens with one attached hydrogen (secondary N) is 1. The number of para-hydroxylation sites is 1. The molecule has 0 atom stereocenters. The maximum Gasteiger partial charge on any atom is 0.257 e. The molecular formula is C14H15FN4O. The normalized spacial score (nSPS) is 10.3. The average molecular weight is 274 g/mol. The molecule has 0 bridgehead atoms. The third-order valence-corrected chi connectivity index (χ3v) is 2.86. The van der Waals surface area contributed by atoms with Crippen LogP contribution in [-0.4, -0.2) is 16.1 Å². The Hall–Kier alpha value is -2.50. The van der Waals surface area contributed by atoms with Crippen molar-refractivity contribution in [2.75, 3.05) is 11.1 Å². The number of hydrogen-bond donors (Lipinski definition) is 2. The van der Waals surface area contributed by atoms with Crippen LogP contribution in [0.2, 0.25) is 0 Å². The molecular weight excluding hydrogens is 259 g/mol. The number of aryl methyl sites for hydroxylation is 2. The van der Waals surface area contributed by atoms with Crippen LogP contribution >= 0.6 is 0 Å². The smallest absolute Gasteiger partial charge is 0.257 e. The Bertz CT molecular complexity index is 637. The number of anilines is 2. The molecule has 1 heterocycles. The molecule has 2 aromatic rings. The highest BCUT2D eigenvalue weighted by Gasteiger charge is 2.16. The molecule has 0 fully saturated rings. The van der Waals surface area contributed by atoms with E-state index in [0.717, 1.165) is 0 Å². The van der Waals surface area contributed by atoms with Crippen LogP contribution in [0.1, 0.15) is 28.7 Å². The van der Waals surface area contributed by atoms with Crippen LogP contribution in [-0.2, 0) is 6.42 Å². The second kappa shape index (κ2) is 5.64. The molecule has 0 saturated heterocycles. The van der Waals surface area contributed by atoms with Crippen LogP contribution in [0.4, 0.5) is 15.8 Å². The highest BCUT2D eigenvalue weighted by atomic mass is 19.1. The molecule has 3 N–H and O–H groups in total. The first kappa shape index (κ1) is 13.9. The lowest BCUT2D eigenvalue weighted by Crippen LogP contribution is -2.18. The van der Waals surface area contributed by atoms with Gasteiger partial charge in [0.25, 0.3) is 5.91 Å². The van der Waals surface area contributed by atoms with Gasteiger partial charge in [-0.3, -0.25) is 4.79 Å². The summed E-state index contributed by atoms with van der Waals surface area (Å²) in [4.78, 5) is 12.2. The van der Waals surface area contributed by atoms with Crippen molar-refractivity contribution in [1.29, 1.82) is 0 Å². The van der Waals surface area contributed by atoms with E-state index in [1.54, 1.807) is 13.0 Å². The summed E-state index contributed by atoms with van der Waals surface area (Å²) in [6.45, 7) is 3.61. The number of aromatic nitrogens is 2. The maximum atomic E-state index is 13.7. The predicted octanol–water partition coefficient (Wildman–Crippen LogP) is 2.32. The fraction of sp³-hybridized carbons (Fsp3) is 0.214. The van der Waals surface area contributed by atoms with Gasteiger partial charge in [0.15, 0.2) is 0 Å². The lowest BCUT2D eigenvalue weighted by atomic mass is 10.1. The Morgan fingerprint density at radius 2 is 2.15 bits per heavy atom. The molecule has 0 aliphatic carbocycles. The van der Waals surface area contributed by atoms with Gasteiger partial charge in [-0.1, -0.05) is 13.0 Å². The van der Waals surface area contributed by atoms with Gasteiger partial charge in [-0.05, 0) is 31.5 Å².